The minimum absolute atomic E-state index is 0. The maximum Gasteiger partial charge on any atom is 0 e. The molecule has 0 aliphatic carbocycles. The number of hydrogen-bond acceptors (Lipinski definition) is 0. The van der Waals surface area contributed by atoms with Gasteiger partial charge in [-0.1, -0.05) is 6.92 Å². The molecule has 5 heavy (non-hydrogen) atoms. The summed E-state index contributed by atoms with van der Waals surface area (Å²) in [5.41, 5.74) is 0. The van der Waals surface area contributed by atoms with E-state index >= 15 is 0 Å². The van der Waals surface area contributed by atoms with E-state index in [1.165, 1.54) is 6.42 Å². The van der Waals surface area contributed by atoms with Crippen molar-refractivity contribution in [3.8, 4) is 0 Å². The molecule has 0 aliphatic rings. The molecule has 0 radical (unpaired) electrons. The molecular formula is C4H9Zn-. The van der Waals surface area contributed by atoms with E-state index in [1.54, 1.807) is 0 Å². The van der Waals surface area contributed by atoms with Crippen molar-refractivity contribution < 1.29 is 19.5 Å². The van der Waals surface area contributed by atoms with E-state index in [0.717, 1.165) is 0 Å². The molecule has 0 fully saturated rings. The van der Waals surface area contributed by atoms with Gasteiger partial charge in [-0.25, -0.2) is 0 Å². The first-order valence-corrected chi connectivity index (χ1v) is 1.69. The normalized spacial score (nSPS) is 6.00. The average Bonchev–Trinajstić information content (AvgIpc) is 1.37. The van der Waals surface area contributed by atoms with Crippen molar-refractivity contribution in [1.29, 1.82) is 0 Å². The van der Waals surface area contributed by atoms with Crippen LogP contribution in [0.5, 0.6) is 0 Å². The van der Waals surface area contributed by atoms with Crippen LogP contribution in [-0.4, -0.2) is 0 Å². The molecule has 0 aromatic rings. The third-order valence-corrected chi connectivity index (χ3v) is 0.408. The first-order valence-electron chi connectivity index (χ1n) is 1.69. The van der Waals surface area contributed by atoms with Gasteiger partial charge in [-0.2, -0.15) is 13.3 Å². The molecule has 0 aromatic heterocycles. The molecule has 0 bridgehead atoms. The van der Waals surface area contributed by atoms with Crippen LogP contribution in [0.15, 0.2) is 0 Å². The number of unbranched alkanes of at least 4 members (excludes halogenated alkanes) is 1. The summed E-state index contributed by atoms with van der Waals surface area (Å²) >= 11 is 0. The van der Waals surface area contributed by atoms with Crippen LogP contribution >= 0.6 is 0 Å². The van der Waals surface area contributed by atoms with Crippen LogP contribution in [0.3, 0.4) is 0 Å². The zero-order valence-electron chi connectivity index (χ0n) is 3.99. The van der Waals surface area contributed by atoms with E-state index in [9.17, 15) is 0 Å². The number of rotatable bonds is 1. The number of hydrogen-bond donors (Lipinski definition) is 0. The summed E-state index contributed by atoms with van der Waals surface area (Å²) in [6.07, 6.45) is 3.32. The molecule has 0 unspecified atom stereocenters. The molecule has 0 saturated carbocycles. The molecule has 0 spiro atoms. The van der Waals surface area contributed by atoms with Gasteiger partial charge >= 0.3 is 0 Å². The Morgan fingerprint density at radius 1 is 1.60 bits per heavy atom. The fourth-order valence-corrected chi connectivity index (χ4v) is 0. The van der Waals surface area contributed by atoms with Crippen LogP contribution in [-0.2, 0) is 19.5 Å². The molecule has 0 N–H and O–H groups in total. The van der Waals surface area contributed by atoms with Crippen molar-refractivity contribution >= 4 is 0 Å². The van der Waals surface area contributed by atoms with Crippen LogP contribution in [0.2, 0.25) is 0 Å². The Bertz CT molecular complexity index is 5.61. The topological polar surface area (TPSA) is 0 Å². The predicted molar refractivity (Wildman–Crippen MR) is 20.3 cm³/mol. The van der Waals surface area contributed by atoms with E-state index in [-0.39, 0.29) is 19.5 Å². The Labute approximate surface area is 46.7 Å². The zero-order chi connectivity index (χ0) is 3.41. The fraction of sp³-hybridized carbons (Fsp3) is 0.750. The van der Waals surface area contributed by atoms with Gasteiger partial charge in [-0.3, -0.25) is 0 Å². The van der Waals surface area contributed by atoms with Gasteiger partial charge in [0.2, 0.25) is 0 Å². The summed E-state index contributed by atoms with van der Waals surface area (Å²) in [6, 6.07) is 0. The van der Waals surface area contributed by atoms with Crippen molar-refractivity contribution in [2.24, 2.45) is 0 Å². The zero-order valence-corrected chi connectivity index (χ0v) is 6.96. The first kappa shape index (κ1) is 9.16. The molecule has 1 heteroatoms. The van der Waals surface area contributed by atoms with Crippen LogP contribution in [0.4, 0.5) is 0 Å². The molecule has 0 atom stereocenters. The molecule has 0 aromatic carbocycles. The van der Waals surface area contributed by atoms with E-state index < -0.39 is 0 Å². The van der Waals surface area contributed by atoms with Crippen LogP contribution in [0.1, 0.15) is 20.3 Å². The summed E-state index contributed by atoms with van der Waals surface area (Å²) in [5, 5.41) is 0. The van der Waals surface area contributed by atoms with Crippen LogP contribution in [0.25, 0.3) is 0 Å². The average molecular weight is 123 g/mol. The quantitative estimate of drug-likeness (QED) is 0.366. The van der Waals surface area contributed by atoms with Gasteiger partial charge < -0.3 is 6.42 Å². The molecule has 0 heterocycles. The molecule has 0 rings (SSSR count). The van der Waals surface area contributed by atoms with Crippen molar-refractivity contribution in [2.75, 3.05) is 0 Å². The van der Waals surface area contributed by atoms with Gasteiger partial charge in [-0.05, 0) is 0 Å². The standard InChI is InChI=1S/C4H9.Zn/c1-3-4-2;/h3H,4H2,1-2H3;/q-1;. The van der Waals surface area contributed by atoms with Crippen molar-refractivity contribution in [3.05, 3.63) is 6.42 Å². The largest absolute Gasteiger partial charge is 0.332 e. The van der Waals surface area contributed by atoms with E-state index in [2.05, 4.69) is 20.3 Å². The summed E-state index contributed by atoms with van der Waals surface area (Å²) in [6.45, 7) is 4.18. The molecule has 0 nitrogen and oxygen atoms in total. The van der Waals surface area contributed by atoms with Gasteiger partial charge in [0.15, 0.2) is 0 Å². The van der Waals surface area contributed by atoms with E-state index in [4.69, 9.17) is 0 Å². The van der Waals surface area contributed by atoms with Crippen molar-refractivity contribution in [3.63, 3.8) is 0 Å². The maximum absolute atomic E-state index is 2.12. The van der Waals surface area contributed by atoms with Gasteiger partial charge in [-0.15, -0.1) is 0 Å². The molecule has 0 amide bonds. The fourth-order valence-electron chi connectivity index (χ4n) is 0. The van der Waals surface area contributed by atoms with E-state index in [0.29, 0.717) is 0 Å². The SMILES string of the molecule is C[CH-]CC.[Zn]. The Kier molecular flexibility index (Phi) is 16.2. The van der Waals surface area contributed by atoms with Crippen molar-refractivity contribution in [2.45, 2.75) is 20.3 Å². The van der Waals surface area contributed by atoms with Crippen LogP contribution in [0, 0.1) is 6.42 Å². The summed E-state index contributed by atoms with van der Waals surface area (Å²) < 4.78 is 0. The minimum Gasteiger partial charge on any atom is -0.332 e. The maximum atomic E-state index is 2.12. The monoisotopic (exact) mass is 121 g/mol. The molecular weight excluding hydrogens is 113 g/mol. The van der Waals surface area contributed by atoms with Gasteiger partial charge in [0.05, 0.1) is 0 Å². The Balaban J connectivity index is 0. The Hall–Kier alpha value is 0.623. The summed E-state index contributed by atoms with van der Waals surface area (Å²) in [4.78, 5) is 0. The Morgan fingerprint density at radius 3 is 1.80 bits per heavy atom. The van der Waals surface area contributed by atoms with Crippen LogP contribution < -0.4 is 0 Å². The van der Waals surface area contributed by atoms with E-state index in [1.807, 2.05) is 0 Å². The third kappa shape index (κ3) is 12.1. The summed E-state index contributed by atoms with van der Waals surface area (Å²) in [5.74, 6) is 0. The first-order chi connectivity index (χ1) is 1.91. The summed E-state index contributed by atoms with van der Waals surface area (Å²) in [7, 11) is 0. The second-order valence-corrected chi connectivity index (χ2v) is 0.816. The third-order valence-electron chi connectivity index (χ3n) is 0.408. The molecule has 0 saturated heterocycles. The smallest absolute Gasteiger partial charge is 0 e. The van der Waals surface area contributed by atoms with Gasteiger partial charge in [0.1, 0.15) is 0 Å². The molecule has 28 valence electrons. The second-order valence-electron chi connectivity index (χ2n) is 0.816. The Morgan fingerprint density at radius 2 is 1.80 bits per heavy atom. The minimum atomic E-state index is 0. The predicted octanol–water partition coefficient (Wildman–Crippen LogP) is 1.62. The molecule has 0 aliphatic heterocycles. The van der Waals surface area contributed by atoms with Gasteiger partial charge in [0.25, 0.3) is 0 Å². The van der Waals surface area contributed by atoms with Crippen molar-refractivity contribution in [1.82, 2.24) is 0 Å². The van der Waals surface area contributed by atoms with Gasteiger partial charge in [0, 0.05) is 19.5 Å². The second kappa shape index (κ2) is 8.82.